The van der Waals surface area contributed by atoms with Gasteiger partial charge < -0.3 is 9.84 Å². The highest BCUT2D eigenvalue weighted by molar-refractivity contribution is 9.10. The lowest BCUT2D eigenvalue weighted by Gasteiger charge is -2.30. The van der Waals surface area contributed by atoms with Crippen LogP contribution < -0.4 is 5.32 Å². The largest absolute Gasteiger partial charge is 0.356 e. The van der Waals surface area contributed by atoms with Gasteiger partial charge in [0.2, 0.25) is 17.6 Å². The highest BCUT2D eigenvalue weighted by Gasteiger charge is 2.25. The van der Waals surface area contributed by atoms with Gasteiger partial charge in [-0.05, 0) is 74.0 Å². The summed E-state index contributed by atoms with van der Waals surface area (Å²) in [5.41, 5.74) is 2.09. The molecule has 1 N–H and O–H groups in total. The molecule has 0 spiro atoms. The highest BCUT2D eigenvalue weighted by atomic mass is 79.9. The molecule has 4 rings (SSSR count). The average molecular weight is 564 g/mol. The number of halogens is 2. The zero-order valence-corrected chi connectivity index (χ0v) is 22.0. The van der Waals surface area contributed by atoms with Crippen LogP contribution in [0.5, 0.6) is 0 Å². The molecule has 180 valence electrons. The van der Waals surface area contributed by atoms with Crippen molar-refractivity contribution in [3.05, 3.63) is 69.5 Å². The zero-order chi connectivity index (χ0) is 23.8. The number of nitrogens with zero attached hydrogens (tertiary/aromatic N) is 3. The van der Waals surface area contributed by atoms with E-state index in [0.717, 1.165) is 71.0 Å². The number of likely N-dealkylation sites (tertiary alicyclic amines) is 1. The maximum absolute atomic E-state index is 12.5. The topological polar surface area (TPSA) is 71.3 Å². The fourth-order valence-electron chi connectivity index (χ4n) is 3.91. The molecule has 1 aliphatic heterocycles. The number of hydrogen-bond acceptors (Lipinski definition) is 6. The number of aromatic nitrogens is 2. The Hall–Kier alpha value is -1.87. The summed E-state index contributed by atoms with van der Waals surface area (Å²) in [4.78, 5) is 19.3. The lowest BCUT2D eigenvalue weighted by Crippen LogP contribution is -2.40. The Morgan fingerprint density at radius 3 is 2.71 bits per heavy atom. The van der Waals surface area contributed by atoms with Gasteiger partial charge in [-0.3, -0.25) is 9.69 Å². The molecule has 0 saturated carbocycles. The number of carbonyl (C=O) groups excluding carboxylic acids is 1. The number of hydrogen-bond donors (Lipinski definition) is 1. The number of nitrogens with one attached hydrogen (secondary N) is 1. The summed E-state index contributed by atoms with van der Waals surface area (Å²) in [5.74, 6) is 3.35. The van der Waals surface area contributed by atoms with Crippen LogP contribution in [-0.2, 0) is 17.1 Å². The zero-order valence-electron chi connectivity index (χ0n) is 18.9. The molecular weight excluding hydrogens is 536 g/mol. The average Bonchev–Trinajstić information content (AvgIpc) is 3.31. The number of amides is 1. The van der Waals surface area contributed by atoms with Crippen molar-refractivity contribution in [1.82, 2.24) is 20.4 Å². The smallest absolute Gasteiger partial charge is 0.241 e. The lowest BCUT2D eigenvalue weighted by molar-refractivity contribution is -0.126. The van der Waals surface area contributed by atoms with Gasteiger partial charge in [-0.25, -0.2) is 0 Å². The number of benzene rings is 2. The molecule has 0 radical (unpaired) electrons. The Balaban J connectivity index is 1.11. The Bertz CT molecular complexity index is 1070. The maximum atomic E-state index is 12.5. The van der Waals surface area contributed by atoms with Crippen molar-refractivity contribution in [2.75, 3.05) is 25.4 Å². The minimum absolute atomic E-state index is 0.0769. The molecule has 34 heavy (non-hydrogen) atoms. The van der Waals surface area contributed by atoms with Crippen molar-refractivity contribution in [2.45, 2.75) is 31.6 Å². The summed E-state index contributed by atoms with van der Waals surface area (Å²) in [6, 6.07) is 15.8. The second-order valence-corrected chi connectivity index (χ2v) is 10.8. The van der Waals surface area contributed by atoms with Crippen LogP contribution in [0.4, 0.5) is 0 Å². The SMILES string of the molecule is O=C(NCCCSCc1ccccc1Cl)C1CCN(Cc2nc(-c3ccc(Br)cc3)no2)CC1. The third kappa shape index (κ3) is 7.31. The normalized spacial score (nSPS) is 14.9. The number of thioether (sulfide) groups is 1. The first-order valence-electron chi connectivity index (χ1n) is 11.5. The van der Waals surface area contributed by atoms with Crippen molar-refractivity contribution in [3.63, 3.8) is 0 Å². The summed E-state index contributed by atoms with van der Waals surface area (Å²) in [6.45, 7) is 3.03. The highest BCUT2D eigenvalue weighted by Crippen LogP contribution is 2.23. The predicted molar refractivity (Wildman–Crippen MR) is 141 cm³/mol. The summed E-state index contributed by atoms with van der Waals surface area (Å²) in [7, 11) is 0. The molecule has 0 aliphatic carbocycles. The van der Waals surface area contributed by atoms with Crippen LogP contribution in [0, 0.1) is 5.92 Å². The molecule has 9 heteroatoms. The Labute approximate surface area is 218 Å². The van der Waals surface area contributed by atoms with Crippen LogP contribution in [0.25, 0.3) is 11.4 Å². The molecule has 1 saturated heterocycles. The van der Waals surface area contributed by atoms with Gasteiger partial charge in [0.25, 0.3) is 0 Å². The summed E-state index contributed by atoms with van der Waals surface area (Å²) in [5, 5.41) is 8.03. The first-order chi connectivity index (χ1) is 16.6. The van der Waals surface area contributed by atoms with E-state index in [9.17, 15) is 4.79 Å². The van der Waals surface area contributed by atoms with Gasteiger partial charge >= 0.3 is 0 Å². The van der Waals surface area contributed by atoms with Crippen molar-refractivity contribution in [1.29, 1.82) is 0 Å². The van der Waals surface area contributed by atoms with E-state index in [1.54, 1.807) is 0 Å². The van der Waals surface area contributed by atoms with E-state index in [-0.39, 0.29) is 11.8 Å². The maximum Gasteiger partial charge on any atom is 0.241 e. The van der Waals surface area contributed by atoms with E-state index in [0.29, 0.717) is 18.3 Å². The molecule has 1 amide bonds. The Morgan fingerprint density at radius 2 is 1.94 bits per heavy atom. The summed E-state index contributed by atoms with van der Waals surface area (Å²) >= 11 is 11.5. The van der Waals surface area contributed by atoms with E-state index >= 15 is 0 Å². The van der Waals surface area contributed by atoms with Crippen molar-refractivity contribution in [2.24, 2.45) is 5.92 Å². The molecule has 3 aromatic rings. The van der Waals surface area contributed by atoms with E-state index < -0.39 is 0 Å². The quantitative estimate of drug-likeness (QED) is 0.314. The Kier molecular flexibility index (Phi) is 9.44. The van der Waals surface area contributed by atoms with Crippen molar-refractivity contribution < 1.29 is 9.32 Å². The van der Waals surface area contributed by atoms with Crippen LogP contribution >= 0.6 is 39.3 Å². The molecule has 1 fully saturated rings. The van der Waals surface area contributed by atoms with Crippen LogP contribution in [0.1, 0.15) is 30.7 Å². The summed E-state index contributed by atoms with van der Waals surface area (Å²) in [6.07, 6.45) is 2.65. The number of piperidine rings is 1. The van der Waals surface area contributed by atoms with Gasteiger partial charge in [0, 0.05) is 33.3 Å². The van der Waals surface area contributed by atoms with E-state index in [1.165, 1.54) is 0 Å². The van der Waals surface area contributed by atoms with Crippen molar-refractivity contribution in [3.8, 4) is 11.4 Å². The van der Waals surface area contributed by atoms with Gasteiger partial charge in [-0.1, -0.05) is 50.9 Å². The molecule has 1 aliphatic rings. The van der Waals surface area contributed by atoms with Gasteiger partial charge in [0.1, 0.15) is 0 Å². The monoisotopic (exact) mass is 562 g/mol. The van der Waals surface area contributed by atoms with Crippen molar-refractivity contribution >= 4 is 45.2 Å². The molecule has 0 atom stereocenters. The second kappa shape index (κ2) is 12.7. The third-order valence-electron chi connectivity index (χ3n) is 5.87. The van der Waals surface area contributed by atoms with Gasteiger partial charge in [-0.2, -0.15) is 16.7 Å². The van der Waals surface area contributed by atoms with Crippen LogP contribution in [0.15, 0.2) is 57.5 Å². The summed E-state index contributed by atoms with van der Waals surface area (Å²) < 4.78 is 6.46. The van der Waals surface area contributed by atoms with Gasteiger partial charge in [0.05, 0.1) is 6.54 Å². The van der Waals surface area contributed by atoms with E-state index in [1.807, 2.05) is 54.2 Å². The molecular formula is C25H28BrClN4O2S. The first-order valence-corrected chi connectivity index (χ1v) is 13.8. The van der Waals surface area contributed by atoms with Gasteiger partial charge in [0.15, 0.2) is 0 Å². The number of rotatable bonds is 10. The predicted octanol–water partition coefficient (Wildman–Crippen LogP) is 5.80. The minimum Gasteiger partial charge on any atom is -0.356 e. The molecule has 2 aromatic carbocycles. The molecule has 0 bridgehead atoms. The second-order valence-electron chi connectivity index (χ2n) is 8.36. The van der Waals surface area contributed by atoms with Crippen LogP contribution in [-0.4, -0.2) is 46.3 Å². The first kappa shape index (κ1) is 25.2. The van der Waals surface area contributed by atoms with Crippen LogP contribution in [0.2, 0.25) is 5.02 Å². The molecule has 0 unspecified atom stereocenters. The number of carbonyl (C=O) groups is 1. The Morgan fingerprint density at radius 1 is 1.18 bits per heavy atom. The molecule has 2 heterocycles. The lowest BCUT2D eigenvalue weighted by atomic mass is 9.96. The standard InChI is InChI=1S/C25H28BrClN4O2S/c26-21-8-6-18(7-9-21)24-29-23(33-30-24)16-31-13-10-19(11-14-31)25(32)28-12-3-15-34-17-20-4-1-2-5-22(20)27/h1-2,4-9,19H,3,10-17H2,(H,28,32). The minimum atomic E-state index is 0.0769. The third-order valence-corrected chi connectivity index (χ3v) is 7.86. The van der Waals surface area contributed by atoms with Crippen LogP contribution in [0.3, 0.4) is 0 Å². The molecule has 1 aromatic heterocycles. The fourth-order valence-corrected chi connectivity index (χ4v) is 5.42. The fraction of sp³-hybridized carbons (Fsp3) is 0.400. The molecule has 6 nitrogen and oxygen atoms in total. The van der Waals surface area contributed by atoms with Gasteiger partial charge in [-0.15, -0.1) is 0 Å². The van der Waals surface area contributed by atoms with E-state index in [2.05, 4.69) is 42.4 Å². The van der Waals surface area contributed by atoms with E-state index in [4.69, 9.17) is 16.1 Å².